The first-order valence-corrected chi connectivity index (χ1v) is 5.55. The van der Waals surface area contributed by atoms with E-state index in [2.05, 4.69) is 15.9 Å². The molecule has 0 amide bonds. The molecule has 1 N–H and O–H groups in total. The minimum absolute atomic E-state index is 0.552. The van der Waals surface area contributed by atoms with Crippen LogP contribution in [0.25, 0.3) is 0 Å². The third-order valence-electron chi connectivity index (χ3n) is 2.28. The molecule has 2 heteroatoms. The van der Waals surface area contributed by atoms with Crippen LogP contribution < -0.4 is 0 Å². The molecule has 0 fully saturated rings. The van der Waals surface area contributed by atoms with Crippen molar-refractivity contribution in [3.63, 3.8) is 0 Å². The van der Waals surface area contributed by atoms with Gasteiger partial charge in [-0.2, -0.15) is 0 Å². The van der Waals surface area contributed by atoms with Crippen molar-refractivity contribution in [2.24, 2.45) is 0 Å². The molecular formula is C13H11BrO. The predicted octanol–water partition coefficient (Wildman–Crippen LogP) is 3.53. The number of aliphatic hydroxyl groups is 1. The minimum atomic E-state index is -0.552. The van der Waals surface area contributed by atoms with Crippen molar-refractivity contribution in [2.45, 2.75) is 6.10 Å². The van der Waals surface area contributed by atoms with Crippen LogP contribution in [0.2, 0.25) is 0 Å². The van der Waals surface area contributed by atoms with Gasteiger partial charge in [-0.3, -0.25) is 0 Å². The van der Waals surface area contributed by atoms with E-state index in [-0.39, 0.29) is 0 Å². The Hall–Kier alpha value is -1.12. The summed E-state index contributed by atoms with van der Waals surface area (Å²) in [6.07, 6.45) is -0.552. The lowest BCUT2D eigenvalue weighted by Crippen LogP contribution is -1.98. The molecule has 0 aliphatic rings. The van der Waals surface area contributed by atoms with Crippen LogP contribution in [0.3, 0.4) is 0 Å². The van der Waals surface area contributed by atoms with Crippen LogP contribution in [-0.4, -0.2) is 5.11 Å². The Morgan fingerprint density at radius 2 is 1.53 bits per heavy atom. The van der Waals surface area contributed by atoms with E-state index >= 15 is 0 Å². The molecule has 0 saturated carbocycles. The fourth-order valence-corrected chi connectivity index (χ4v) is 1.92. The lowest BCUT2D eigenvalue weighted by Gasteiger charge is -2.11. The number of halogens is 1. The predicted molar refractivity (Wildman–Crippen MR) is 64.6 cm³/mol. The topological polar surface area (TPSA) is 20.2 Å². The molecule has 0 spiro atoms. The van der Waals surface area contributed by atoms with Gasteiger partial charge in [-0.15, -0.1) is 0 Å². The van der Waals surface area contributed by atoms with Crippen molar-refractivity contribution in [2.75, 3.05) is 0 Å². The highest BCUT2D eigenvalue weighted by Gasteiger charge is 2.09. The quantitative estimate of drug-likeness (QED) is 0.878. The molecule has 1 nitrogen and oxygen atoms in total. The van der Waals surface area contributed by atoms with Gasteiger partial charge in [-0.1, -0.05) is 58.4 Å². The highest BCUT2D eigenvalue weighted by Crippen LogP contribution is 2.23. The number of aliphatic hydroxyl groups excluding tert-OH is 1. The molecule has 0 heterocycles. The first-order chi connectivity index (χ1) is 7.27. The van der Waals surface area contributed by atoms with Crippen LogP contribution >= 0.6 is 15.9 Å². The van der Waals surface area contributed by atoms with Crippen molar-refractivity contribution in [3.8, 4) is 0 Å². The fraction of sp³-hybridized carbons (Fsp3) is 0.0769. The van der Waals surface area contributed by atoms with E-state index in [1.54, 1.807) is 0 Å². The van der Waals surface area contributed by atoms with Crippen molar-refractivity contribution in [1.82, 2.24) is 0 Å². The standard InChI is InChI=1S/C13H11BrO/c14-12-8-4-7-11(9-12)13(15)10-5-2-1-3-6-10/h1-9,13,15H/t13-/m0/s1. The zero-order valence-corrected chi connectivity index (χ0v) is 9.68. The largest absolute Gasteiger partial charge is 0.384 e. The van der Waals surface area contributed by atoms with Crippen LogP contribution in [0.1, 0.15) is 17.2 Å². The van der Waals surface area contributed by atoms with Gasteiger partial charge in [-0.05, 0) is 23.3 Å². The normalized spacial score (nSPS) is 12.4. The average molecular weight is 263 g/mol. The number of hydrogen-bond acceptors (Lipinski definition) is 1. The second kappa shape index (κ2) is 4.60. The first kappa shape index (κ1) is 10.4. The monoisotopic (exact) mass is 262 g/mol. The first-order valence-electron chi connectivity index (χ1n) is 4.76. The molecule has 0 bridgehead atoms. The molecule has 0 aromatic heterocycles. The minimum Gasteiger partial charge on any atom is -0.384 e. The van der Waals surface area contributed by atoms with E-state index in [0.717, 1.165) is 15.6 Å². The highest BCUT2D eigenvalue weighted by molar-refractivity contribution is 9.10. The molecule has 15 heavy (non-hydrogen) atoms. The molecule has 0 unspecified atom stereocenters. The average Bonchev–Trinajstić information content (AvgIpc) is 2.29. The third-order valence-corrected chi connectivity index (χ3v) is 2.77. The summed E-state index contributed by atoms with van der Waals surface area (Å²) >= 11 is 3.39. The Morgan fingerprint density at radius 3 is 2.20 bits per heavy atom. The second-order valence-corrected chi connectivity index (χ2v) is 4.28. The molecular weight excluding hydrogens is 252 g/mol. The summed E-state index contributed by atoms with van der Waals surface area (Å²) in [6, 6.07) is 17.4. The van der Waals surface area contributed by atoms with Crippen molar-refractivity contribution < 1.29 is 5.11 Å². The van der Waals surface area contributed by atoms with Gasteiger partial charge in [0.25, 0.3) is 0 Å². The molecule has 0 aliphatic carbocycles. The Bertz CT molecular complexity index is 439. The number of hydrogen-bond donors (Lipinski definition) is 1. The summed E-state index contributed by atoms with van der Waals surface area (Å²) in [4.78, 5) is 0. The Balaban J connectivity index is 2.32. The van der Waals surface area contributed by atoms with E-state index in [1.807, 2.05) is 54.6 Å². The zero-order valence-electron chi connectivity index (χ0n) is 8.10. The zero-order chi connectivity index (χ0) is 10.7. The summed E-state index contributed by atoms with van der Waals surface area (Å²) < 4.78 is 0.981. The molecule has 2 rings (SSSR count). The molecule has 0 saturated heterocycles. The van der Waals surface area contributed by atoms with Crippen LogP contribution in [0.15, 0.2) is 59.1 Å². The van der Waals surface area contributed by atoms with Crippen LogP contribution in [0, 0.1) is 0 Å². The maximum absolute atomic E-state index is 10.1. The summed E-state index contributed by atoms with van der Waals surface area (Å²) in [6.45, 7) is 0. The number of benzene rings is 2. The summed E-state index contributed by atoms with van der Waals surface area (Å²) in [5, 5.41) is 10.1. The van der Waals surface area contributed by atoms with E-state index in [0.29, 0.717) is 0 Å². The Labute approximate surface area is 97.5 Å². The van der Waals surface area contributed by atoms with E-state index in [4.69, 9.17) is 0 Å². The Kier molecular flexibility index (Phi) is 3.19. The van der Waals surface area contributed by atoms with Gasteiger partial charge in [-0.25, -0.2) is 0 Å². The summed E-state index contributed by atoms with van der Waals surface area (Å²) in [5.41, 5.74) is 1.81. The summed E-state index contributed by atoms with van der Waals surface area (Å²) in [7, 11) is 0. The molecule has 2 aromatic carbocycles. The van der Waals surface area contributed by atoms with Gasteiger partial charge in [0.05, 0.1) is 0 Å². The fourth-order valence-electron chi connectivity index (χ4n) is 1.50. The van der Waals surface area contributed by atoms with Gasteiger partial charge in [0.1, 0.15) is 6.10 Å². The molecule has 0 aliphatic heterocycles. The van der Waals surface area contributed by atoms with Gasteiger partial charge in [0.2, 0.25) is 0 Å². The van der Waals surface area contributed by atoms with Crippen molar-refractivity contribution >= 4 is 15.9 Å². The van der Waals surface area contributed by atoms with E-state index in [1.165, 1.54) is 0 Å². The molecule has 0 radical (unpaired) electrons. The van der Waals surface area contributed by atoms with E-state index in [9.17, 15) is 5.11 Å². The van der Waals surface area contributed by atoms with Gasteiger partial charge in [0, 0.05) is 4.47 Å². The SMILES string of the molecule is O[C@@H](c1ccccc1)c1cccc(Br)c1. The van der Waals surface area contributed by atoms with Gasteiger partial charge >= 0.3 is 0 Å². The lowest BCUT2D eigenvalue weighted by atomic mass is 10.0. The third kappa shape index (κ3) is 2.46. The second-order valence-electron chi connectivity index (χ2n) is 3.37. The van der Waals surface area contributed by atoms with Crippen molar-refractivity contribution in [3.05, 3.63) is 70.2 Å². The van der Waals surface area contributed by atoms with E-state index < -0.39 is 6.10 Å². The smallest absolute Gasteiger partial charge is 0.104 e. The maximum Gasteiger partial charge on any atom is 0.104 e. The highest BCUT2D eigenvalue weighted by atomic mass is 79.9. The molecule has 1 atom stereocenters. The molecule has 76 valence electrons. The van der Waals surface area contributed by atoms with Gasteiger partial charge in [0.15, 0.2) is 0 Å². The van der Waals surface area contributed by atoms with Crippen LogP contribution in [0.5, 0.6) is 0 Å². The Morgan fingerprint density at radius 1 is 0.867 bits per heavy atom. The van der Waals surface area contributed by atoms with Crippen LogP contribution in [-0.2, 0) is 0 Å². The lowest BCUT2D eigenvalue weighted by molar-refractivity contribution is 0.220. The van der Waals surface area contributed by atoms with Crippen LogP contribution in [0.4, 0.5) is 0 Å². The molecule has 2 aromatic rings. The summed E-state index contributed by atoms with van der Waals surface area (Å²) in [5.74, 6) is 0. The van der Waals surface area contributed by atoms with Gasteiger partial charge < -0.3 is 5.11 Å². The number of rotatable bonds is 2. The van der Waals surface area contributed by atoms with Crippen molar-refractivity contribution in [1.29, 1.82) is 0 Å². The maximum atomic E-state index is 10.1.